The first-order valence-corrected chi connectivity index (χ1v) is 10.3. The van der Waals surface area contributed by atoms with Gasteiger partial charge in [-0.05, 0) is 41.8 Å². The third-order valence-electron chi connectivity index (χ3n) is 4.32. The number of aromatic hydroxyl groups is 1. The van der Waals surface area contributed by atoms with E-state index in [9.17, 15) is 13.5 Å². The Morgan fingerprint density at radius 2 is 1.41 bits per heavy atom. The van der Waals surface area contributed by atoms with Crippen LogP contribution in [-0.2, 0) is 10.0 Å². The van der Waals surface area contributed by atoms with Gasteiger partial charge < -0.3 is 5.11 Å². The van der Waals surface area contributed by atoms with Crippen LogP contribution in [0.5, 0.6) is 5.75 Å². The van der Waals surface area contributed by atoms with Gasteiger partial charge in [0.2, 0.25) is 0 Å². The van der Waals surface area contributed by atoms with E-state index in [1.165, 1.54) is 12.1 Å². The van der Waals surface area contributed by atoms with Crippen molar-refractivity contribution in [3.63, 3.8) is 0 Å². The third kappa shape index (κ3) is 3.95. The lowest BCUT2D eigenvalue weighted by Gasteiger charge is -2.12. The van der Waals surface area contributed by atoms with Gasteiger partial charge in [-0.2, -0.15) is 5.11 Å². The summed E-state index contributed by atoms with van der Waals surface area (Å²) in [5.41, 5.74) is 1.15. The predicted octanol–water partition coefficient (Wildman–Crippen LogP) is 5.76. The molecule has 0 aromatic heterocycles. The number of hydrogen-bond acceptors (Lipinski definition) is 5. The maximum atomic E-state index is 12.7. The van der Waals surface area contributed by atoms with Crippen molar-refractivity contribution in [1.82, 2.24) is 0 Å². The van der Waals surface area contributed by atoms with Gasteiger partial charge in [0.1, 0.15) is 5.69 Å². The Kier molecular flexibility index (Phi) is 4.97. The number of hydrogen-bond donors (Lipinski definition) is 2. The highest BCUT2D eigenvalue weighted by Crippen LogP contribution is 2.40. The van der Waals surface area contributed by atoms with Gasteiger partial charge in [0.05, 0.1) is 21.7 Å². The monoisotopic (exact) mass is 403 g/mol. The molecule has 2 N–H and O–H groups in total. The molecule has 0 unspecified atom stereocenters. The topological polar surface area (TPSA) is 91.1 Å². The van der Waals surface area contributed by atoms with Crippen LogP contribution < -0.4 is 4.72 Å². The van der Waals surface area contributed by atoms with Gasteiger partial charge in [-0.1, -0.05) is 54.6 Å². The van der Waals surface area contributed by atoms with E-state index in [2.05, 4.69) is 15.0 Å². The van der Waals surface area contributed by atoms with E-state index in [0.717, 1.165) is 0 Å². The first-order chi connectivity index (χ1) is 14.0. The number of nitrogens with zero attached hydrogens (tertiary/aromatic N) is 2. The molecule has 0 aliphatic heterocycles. The summed E-state index contributed by atoms with van der Waals surface area (Å²) in [6.45, 7) is 0. The van der Waals surface area contributed by atoms with Crippen molar-refractivity contribution >= 4 is 37.9 Å². The number of anilines is 1. The van der Waals surface area contributed by atoms with E-state index < -0.39 is 10.0 Å². The number of rotatable bonds is 5. The smallest absolute Gasteiger partial charge is 0.261 e. The summed E-state index contributed by atoms with van der Waals surface area (Å²) in [6, 6.07) is 25.7. The number of nitrogens with one attached hydrogen (secondary N) is 1. The number of fused-ring (bicyclic) bond motifs is 1. The Morgan fingerprint density at radius 1 is 0.724 bits per heavy atom. The largest absolute Gasteiger partial charge is 0.505 e. The Bertz CT molecular complexity index is 1290. The molecule has 0 amide bonds. The molecular formula is C22H17N3O3S. The van der Waals surface area contributed by atoms with Crippen molar-refractivity contribution in [3.8, 4) is 5.75 Å². The molecule has 4 aromatic carbocycles. The Morgan fingerprint density at radius 3 is 2.14 bits per heavy atom. The number of benzene rings is 4. The van der Waals surface area contributed by atoms with Gasteiger partial charge in [0.15, 0.2) is 5.75 Å². The molecule has 4 aromatic rings. The predicted molar refractivity (Wildman–Crippen MR) is 113 cm³/mol. The van der Waals surface area contributed by atoms with Crippen LogP contribution in [-0.4, -0.2) is 13.5 Å². The van der Waals surface area contributed by atoms with Crippen molar-refractivity contribution in [2.24, 2.45) is 10.2 Å². The minimum Gasteiger partial charge on any atom is -0.505 e. The number of azo groups is 1. The van der Waals surface area contributed by atoms with Crippen molar-refractivity contribution < 1.29 is 13.5 Å². The SMILES string of the molecule is O=S(=O)(Nc1cccc2ccc(/N=N\c3ccccc3)c(O)c12)c1ccccc1. The first kappa shape index (κ1) is 18.6. The summed E-state index contributed by atoms with van der Waals surface area (Å²) in [6.07, 6.45) is 0. The van der Waals surface area contributed by atoms with Crippen LogP contribution in [0.1, 0.15) is 0 Å². The summed E-state index contributed by atoms with van der Waals surface area (Å²) in [7, 11) is -3.80. The first-order valence-electron chi connectivity index (χ1n) is 8.84. The average Bonchev–Trinajstić information content (AvgIpc) is 2.74. The lowest BCUT2D eigenvalue weighted by atomic mass is 10.1. The van der Waals surface area contributed by atoms with E-state index >= 15 is 0 Å². The van der Waals surface area contributed by atoms with E-state index in [4.69, 9.17) is 0 Å². The maximum absolute atomic E-state index is 12.7. The molecule has 0 saturated heterocycles. The number of phenols is 1. The van der Waals surface area contributed by atoms with Gasteiger partial charge >= 0.3 is 0 Å². The van der Waals surface area contributed by atoms with E-state index in [-0.39, 0.29) is 22.0 Å². The fourth-order valence-electron chi connectivity index (χ4n) is 2.92. The third-order valence-corrected chi connectivity index (χ3v) is 5.71. The second-order valence-corrected chi connectivity index (χ2v) is 7.97. The van der Waals surface area contributed by atoms with Gasteiger partial charge in [0, 0.05) is 0 Å². The van der Waals surface area contributed by atoms with Crippen LogP contribution in [0.25, 0.3) is 10.8 Å². The fraction of sp³-hybridized carbons (Fsp3) is 0. The zero-order valence-corrected chi connectivity index (χ0v) is 16.0. The van der Waals surface area contributed by atoms with Crippen molar-refractivity contribution in [3.05, 3.63) is 91.0 Å². The molecule has 144 valence electrons. The minimum absolute atomic E-state index is 0.136. The van der Waals surface area contributed by atoms with Crippen LogP contribution >= 0.6 is 0 Å². The van der Waals surface area contributed by atoms with Crippen molar-refractivity contribution in [1.29, 1.82) is 0 Å². The molecule has 0 fully saturated rings. The average molecular weight is 403 g/mol. The second-order valence-electron chi connectivity index (χ2n) is 6.29. The van der Waals surface area contributed by atoms with E-state index in [1.807, 2.05) is 18.2 Å². The Labute approximate surface area is 168 Å². The molecule has 0 aliphatic rings. The lowest BCUT2D eigenvalue weighted by Crippen LogP contribution is -2.13. The molecule has 0 aliphatic carbocycles. The summed E-state index contributed by atoms with van der Waals surface area (Å²) in [5, 5.41) is 20.1. The van der Waals surface area contributed by atoms with Crippen molar-refractivity contribution in [2.75, 3.05) is 4.72 Å². The van der Waals surface area contributed by atoms with Gasteiger partial charge in [0.25, 0.3) is 10.0 Å². The molecule has 4 rings (SSSR count). The van der Waals surface area contributed by atoms with E-state index in [1.54, 1.807) is 60.7 Å². The molecule has 29 heavy (non-hydrogen) atoms. The maximum Gasteiger partial charge on any atom is 0.261 e. The van der Waals surface area contributed by atoms with Gasteiger partial charge in [-0.15, -0.1) is 5.11 Å². The summed E-state index contributed by atoms with van der Waals surface area (Å²) < 4.78 is 28.0. The van der Waals surface area contributed by atoms with Crippen LogP contribution in [0.15, 0.2) is 106 Å². The van der Waals surface area contributed by atoms with Crippen molar-refractivity contribution in [2.45, 2.75) is 4.90 Å². The molecule has 6 nitrogen and oxygen atoms in total. The quantitative estimate of drug-likeness (QED) is 0.415. The summed E-state index contributed by atoms with van der Waals surface area (Å²) in [4.78, 5) is 0.136. The lowest BCUT2D eigenvalue weighted by molar-refractivity contribution is 0.483. The highest BCUT2D eigenvalue weighted by molar-refractivity contribution is 7.92. The normalized spacial score (nSPS) is 11.7. The molecule has 0 heterocycles. The zero-order chi connectivity index (χ0) is 20.3. The summed E-state index contributed by atoms with van der Waals surface area (Å²) >= 11 is 0. The molecule has 0 radical (unpaired) electrons. The van der Waals surface area contributed by atoms with Gasteiger partial charge in [-0.25, -0.2) is 8.42 Å². The molecule has 7 heteroatoms. The second kappa shape index (κ2) is 7.73. The fourth-order valence-corrected chi connectivity index (χ4v) is 4.02. The molecular weight excluding hydrogens is 386 g/mol. The molecule has 0 bridgehead atoms. The molecule has 0 saturated carbocycles. The van der Waals surface area contributed by atoms with Gasteiger partial charge in [-0.3, -0.25) is 4.72 Å². The highest BCUT2D eigenvalue weighted by atomic mass is 32.2. The number of sulfonamides is 1. The number of phenolic OH excluding ortho intramolecular Hbond substituents is 1. The Balaban J connectivity index is 1.77. The van der Waals surface area contributed by atoms with Crippen LogP contribution in [0, 0.1) is 0 Å². The zero-order valence-electron chi connectivity index (χ0n) is 15.2. The van der Waals surface area contributed by atoms with E-state index in [0.29, 0.717) is 16.5 Å². The molecule has 0 atom stereocenters. The van der Waals surface area contributed by atoms with Crippen LogP contribution in [0.2, 0.25) is 0 Å². The summed E-state index contributed by atoms with van der Waals surface area (Å²) in [5.74, 6) is -0.145. The standard InChI is InChI=1S/C22H17N3O3S/c26-22-20(24-23-17-9-3-1-4-10-17)15-14-16-8-7-13-19(21(16)22)25-29(27,28)18-11-5-2-6-12-18/h1-15,25-26H/b24-23-. The molecule has 0 spiro atoms. The highest BCUT2D eigenvalue weighted by Gasteiger charge is 2.17. The minimum atomic E-state index is -3.80. The Hall–Kier alpha value is -3.71. The van der Waals surface area contributed by atoms with Crippen LogP contribution in [0.4, 0.5) is 17.1 Å². The van der Waals surface area contributed by atoms with Crippen LogP contribution in [0.3, 0.4) is 0 Å².